The lowest BCUT2D eigenvalue weighted by molar-refractivity contribution is -0.428. The predicted octanol–water partition coefficient (Wildman–Crippen LogP) is 4.66. The van der Waals surface area contributed by atoms with Crippen LogP contribution in [0.2, 0.25) is 0 Å². The third-order valence-electron chi connectivity index (χ3n) is 3.24. The number of allylic oxidation sites excluding steroid dienone is 2. The van der Waals surface area contributed by atoms with Gasteiger partial charge in [-0.05, 0) is 19.3 Å². The number of nitro groups is 1. The zero-order valence-electron chi connectivity index (χ0n) is 13.1. The lowest BCUT2D eigenvalue weighted by Crippen LogP contribution is -1.98. The van der Waals surface area contributed by atoms with Crippen LogP contribution in [-0.4, -0.2) is 11.2 Å². The van der Waals surface area contributed by atoms with Crippen molar-refractivity contribution in [1.82, 2.24) is 0 Å². The molecule has 0 atom stereocenters. The maximum Gasteiger partial charge on any atom is 0.254 e. The first kappa shape index (κ1) is 19.4. The van der Waals surface area contributed by atoms with Crippen LogP contribution >= 0.6 is 0 Å². The average molecular weight is 293 g/mol. The van der Waals surface area contributed by atoms with E-state index in [2.05, 4.69) is 18.8 Å². The summed E-state index contributed by atoms with van der Waals surface area (Å²) in [7, 11) is 0. The molecular weight excluding hydrogens is 266 g/mol. The first-order chi connectivity index (χ1) is 10.2. The molecule has 0 N–H and O–H groups in total. The summed E-state index contributed by atoms with van der Waals surface area (Å²) in [4.78, 5) is 20.7. The van der Waals surface area contributed by atoms with E-state index in [9.17, 15) is 14.9 Å². The highest BCUT2D eigenvalue weighted by Gasteiger charge is 2.08. The first-order valence-corrected chi connectivity index (χ1v) is 7.97. The number of carbonyl (C=O) groups is 1. The summed E-state index contributed by atoms with van der Waals surface area (Å²) in [5, 5.41) is 10.9. The highest BCUT2D eigenvalue weighted by molar-refractivity contribution is 5.48. The summed E-state index contributed by atoms with van der Waals surface area (Å²) in [6.07, 6.45) is 12.5. The average Bonchev–Trinajstić information content (AvgIpc) is 2.47. The molecule has 0 saturated heterocycles. The van der Waals surface area contributed by atoms with Crippen molar-refractivity contribution >= 4 is 6.29 Å². The van der Waals surface area contributed by atoms with Gasteiger partial charge in [0.15, 0.2) is 0 Å². The fourth-order valence-electron chi connectivity index (χ4n) is 1.95. The Labute approximate surface area is 128 Å². The highest BCUT2D eigenvalue weighted by Crippen LogP contribution is 2.10. The second-order valence-electron chi connectivity index (χ2n) is 5.14. The van der Waals surface area contributed by atoms with Gasteiger partial charge in [0.2, 0.25) is 0 Å². The number of carbonyl (C=O) groups excluding carboxylic acids is 1. The third-order valence-corrected chi connectivity index (χ3v) is 3.24. The van der Waals surface area contributed by atoms with Gasteiger partial charge in [0.25, 0.3) is 5.70 Å². The minimum Gasteiger partial charge on any atom is -0.303 e. The summed E-state index contributed by atoms with van der Waals surface area (Å²) >= 11 is 0. The maximum atomic E-state index is 10.9. The summed E-state index contributed by atoms with van der Waals surface area (Å²) in [5.74, 6) is 5.76. The van der Waals surface area contributed by atoms with Crippen molar-refractivity contribution in [2.75, 3.05) is 0 Å². The zero-order chi connectivity index (χ0) is 15.8. The van der Waals surface area contributed by atoms with E-state index in [-0.39, 0.29) is 10.6 Å². The molecule has 0 fully saturated rings. The normalized spacial score (nSPS) is 10.8. The van der Waals surface area contributed by atoms with E-state index in [0.717, 1.165) is 64.1 Å². The Kier molecular flexibility index (Phi) is 13.6. The molecule has 0 aromatic heterocycles. The van der Waals surface area contributed by atoms with Crippen molar-refractivity contribution in [3.8, 4) is 11.8 Å². The van der Waals surface area contributed by atoms with E-state index >= 15 is 0 Å². The molecule has 0 bridgehead atoms. The van der Waals surface area contributed by atoms with Crippen molar-refractivity contribution in [1.29, 1.82) is 0 Å². The molecule has 0 aliphatic heterocycles. The van der Waals surface area contributed by atoms with Crippen molar-refractivity contribution < 1.29 is 9.72 Å². The Morgan fingerprint density at radius 1 is 1.10 bits per heavy atom. The van der Waals surface area contributed by atoms with Gasteiger partial charge >= 0.3 is 0 Å². The standard InChI is InChI=1S/C17H27NO3/c1-2-3-4-11-14-17(18(20)21)15-12-9-7-5-6-8-10-13-16-19/h15-16H,2-8,10-11,13-14H2,1H3/b17-15-. The minimum atomic E-state index is -0.319. The molecule has 118 valence electrons. The topological polar surface area (TPSA) is 60.2 Å². The van der Waals surface area contributed by atoms with Crippen molar-refractivity contribution in [2.45, 2.75) is 77.6 Å². The second kappa shape index (κ2) is 14.8. The van der Waals surface area contributed by atoms with Gasteiger partial charge in [0.1, 0.15) is 6.29 Å². The summed E-state index contributed by atoms with van der Waals surface area (Å²) < 4.78 is 0. The summed E-state index contributed by atoms with van der Waals surface area (Å²) in [5.41, 5.74) is 0.226. The quantitative estimate of drug-likeness (QED) is 0.173. The molecule has 0 aliphatic carbocycles. The van der Waals surface area contributed by atoms with Crippen molar-refractivity contribution in [2.24, 2.45) is 0 Å². The molecule has 0 rings (SSSR count). The first-order valence-electron chi connectivity index (χ1n) is 7.97. The van der Waals surface area contributed by atoms with Crippen LogP contribution in [0.5, 0.6) is 0 Å². The Bertz CT molecular complexity index is 377. The second-order valence-corrected chi connectivity index (χ2v) is 5.14. The number of rotatable bonds is 12. The van der Waals surface area contributed by atoms with Gasteiger partial charge < -0.3 is 4.79 Å². The van der Waals surface area contributed by atoms with Crippen molar-refractivity contribution in [3.05, 3.63) is 21.9 Å². The molecule has 21 heavy (non-hydrogen) atoms. The predicted molar refractivity (Wildman–Crippen MR) is 85.4 cm³/mol. The zero-order valence-corrected chi connectivity index (χ0v) is 13.1. The van der Waals surface area contributed by atoms with Gasteiger partial charge in [-0.3, -0.25) is 10.1 Å². The minimum absolute atomic E-state index is 0.226. The SMILES string of the molecule is CCCCCC/C(=C/C#CCCCCCCC=O)[N+](=O)[O-]. The van der Waals surface area contributed by atoms with E-state index in [0.29, 0.717) is 12.8 Å². The lowest BCUT2D eigenvalue weighted by atomic mass is 10.1. The van der Waals surface area contributed by atoms with Crippen LogP contribution in [-0.2, 0) is 4.79 Å². The Morgan fingerprint density at radius 2 is 1.81 bits per heavy atom. The van der Waals surface area contributed by atoms with Gasteiger partial charge in [0.05, 0.1) is 11.0 Å². The van der Waals surface area contributed by atoms with E-state index in [4.69, 9.17) is 0 Å². The van der Waals surface area contributed by atoms with Crippen LogP contribution < -0.4 is 0 Å². The van der Waals surface area contributed by atoms with E-state index < -0.39 is 0 Å². The number of hydrogen-bond acceptors (Lipinski definition) is 3. The third kappa shape index (κ3) is 13.1. The van der Waals surface area contributed by atoms with Gasteiger partial charge in [-0.15, -0.1) is 0 Å². The molecule has 0 aromatic carbocycles. The van der Waals surface area contributed by atoms with E-state index in [1.165, 1.54) is 6.08 Å². The van der Waals surface area contributed by atoms with Crippen LogP contribution in [0.1, 0.15) is 77.6 Å². The van der Waals surface area contributed by atoms with E-state index in [1.807, 2.05) is 0 Å². The molecule has 4 nitrogen and oxygen atoms in total. The Hall–Kier alpha value is -1.63. The monoisotopic (exact) mass is 293 g/mol. The van der Waals surface area contributed by atoms with Crippen LogP contribution in [0.4, 0.5) is 0 Å². The number of aldehydes is 1. The molecular formula is C17H27NO3. The van der Waals surface area contributed by atoms with Gasteiger partial charge in [-0.1, -0.05) is 50.9 Å². The molecule has 0 unspecified atom stereocenters. The molecule has 0 amide bonds. The molecule has 0 aromatic rings. The fourth-order valence-corrected chi connectivity index (χ4v) is 1.95. The number of unbranched alkanes of at least 4 members (excludes halogenated alkanes) is 8. The van der Waals surface area contributed by atoms with Gasteiger partial charge in [-0.25, -0.2) is 0 Å². The summed E-state index contributed by atoms with van der Waals surface area (Å²) in [6.45, 7) is 2.12. The molecule has 0 aliphatic rings. The molecule has 0 heterocycles. The van der Waals surface area contributed by atoms with Crippen LogP contribution in [0.3, 0.4) is 0 Å². The van der Waals surface area contributed by atoms with Crippen molar-refractivity contribution in [3.63, 3.8) is 0 Å². The number of nitrogens with zero attached hydrogens (tertiary/aromatic N) is 1. The Balaban J connectivity index is 3.89. The fraction of sp³-hybridized carbons (Fsp3) is 0.706. The number of hydrogen-bond donors (Lipinski definition) is 0. The Morgan fingerprint density at radius 3 is 2.48 bits per heavy atom. The largest absolute Gasteiger partial charge is 0.303 e. The summed E-state index contributed by atoms with van der Waals surface area (Å²) in [6, 6.07) is 0. The van der Waals surface area contributed by atoms with Crippen LogP contribution in [0.15, 0.2) is 11.8 Å². The van der Waals surface area contributed by atoms with Gasteiger partial charge in [0, 0.05) is 19.3 Å². The van der Waals surface area contributed by atoms with Gasteiger partial charge in [-0.2, -0.15) is 0 Å². The lowest BCUT2D eigenvalue weighted by Gasteiger charge is -1.97. The molecule has 0 radical (unpaired) electrons. The highest BCUT2D eigenvalue weighted by atomic mass is 16.6. The maximum absolute atomic E-state index is 10.9. The molecule has 0 saturated carbocycles. The van der Waals surface area contributed by atoms with Crippen LogP contribution in [0.25, 0.3) is 0 Å². The molecule has 0 spiro atoms. The van der Waals surface area contributed by atoms with Crippen LogP contribution in [0, 0.1) is 22.0 Å². The smallest absolute Gasteiger partial charge is 0.254 e. The molecule has 4 heteroatoms. The van der Waals surface area contributed by atoms with E-state index in [1.54, 1.807) is 0 Å².